The number of nitrogens with one attached hydrogen (secondary N) is 1. The van der Waals surface area contributed by atoms with E-state index in [0.29, 0.717) is 12.6 Å². The second-order valence-corrected chi connectivity index (χ2v) is 6.02. The molecule has 0 fully saturated rings. The number of nitrogens with zero attached hydrogens (tertiary/aromatic N) is 3. The summed E-state index contributed by atoms with van der Waals surface area (Å²) in [6.45, 7) is 0.713. The van der Waals surface area contributed by atoms with Crippen LogP contribution >= 0.6 is 27.5 Å². The Hall–Kier alpha value is -0.910. The Morgan fingerprint density at radius 1 is 1.53 bits per heavy atom. The fourth-order valence-corrected chi connectivity index (χ4v) is 3.58. The van der Waals surface area contributed by atoms with Gasteiger partial charge in [-0.05, 0) is 36.1 Å². The fourth-order valence-electron chi connectivity index (χ4n) is 2.55. The van der Waals surface area contributed by atoms with Gasteiger partial charge in [-0.1, -0.05) is 27.5 Å². The van der Waals surface area contributed by atoms with Crippen LogP contribution in [0.3, 0.4) is 0 Å². The molecule has 100 valence electrons. The predicted octanol–water partition coefficient (Wildman–Crippen LogP) is 3.01. The van der Waals surface area contributed by atoms with Gasteiger partial charge in [0.2, 0.25) is 0 Å². The van der Waals surface area contributed by atoms with Crippen LogP contribution < -0.4 is 5.32 Å². The minimum atomic E-state index is 0.335. The summed E-state index contributed by atoms with van der Waals surface area (Å²) in [6, 6.07) is 4.36. The van der Waals surface area contributed by atoms with Crippen LogP contribution in [0.25, 0.3) is 0 Å². The summed E-state index contributed by atoms with van der Waals surface area (Å²) < 4.78 is 2.90. The first-order valence-electron chi connectivity index (χ1n) is 6.19. The third-order valence-corrected chi connectivity index (χ3v) is 4.49. The Balaban J connectivity index is 1.78. The van der Waals surface area contributed by atoms with Crippen molar-refractivity contribution in [3.05, 3.63) is 44.9 Å². The summed E-state index contributed by atoms with van der Waals surface area (Å²) in [4.78, 5) is 4.22. The lowest BCUT2D eigenvalue weighted by Crippen LogP contribution is -2.21. The van der Waals surface area contributed by atoms with Gasteiger partial charge in [0.25, 0.3) is 0 Å². The summed E-state index contributed by atoms with van der Waals surface area (Å²) in [5.41, 5.74) is 2.65. The lowest BCUT2D eigenvalue weighted by atomic mass is 10.1. The maximum absolute atomic E-state index is 6.13. The van der Waals surface area contributed by atoms with Crippen molar-refractivity contribution in [2.75, 3.05) is 0 Å². The minimum Gasteiger partial charge on any atom is -0.303 e. The fraction of sp³-hybridized carbons (Fsp3) is 0.385. The van der Waals surface area contributed by atoms with Crippen LogP contribution in [0.1, 0.15) is 29.4 Å². The molecule has 19 heavy (non-hydrogen) atoms. The van der Waals surface area contributed by atoms with Gasteiger partial charge in [0.15, 0.2) is 0 Å². The molecule has 0 saturated heterocycles. The molecule has 0 unspecified atom stereocenters. The molecule has 1 aromatic heterocycles. The summed E-state index contributed by atoms with van der Waals surface area (Å²) in [6.07, 6.45) is 3.74. The Morgan fingerprint density at radius 2 is 2.37 bits per heavy atom. The van der Waals surface area contributed by atoms with E-state index >= 15 is 0 Å². The van der Waals surface area contributed by atoms with Crippen molar-refractivity contribution in [3.63, 3.8) is 0 Å². The van der Waals surface area contributed by atoms with E-state index in [1.54, 1.807) is 11.0 Å². The highest BCUT2D eigenvalue weighted by atomic mass is 79.9. The maximum atomic E-state index is 6.13. The topological polar surface area (TPSA) is 42.7 Å². The zero-order chi connectivity index (χ0) is 13.4. The van der Waals surface area contributed by atoms with E-state index in [9.17, 15) is 0 Å². The van der Waals surface area contributed by atoms with Gasteiger partial charge in [-0.25, -0.2) is 4.98 Å². The van der Waals surface area contributed by atoms with Crippen LogP contribution in [0, 0.1) is 0 Å². The quantitative estimate of drug-likeness (QED) is 0.933. The first-order chi connectivity index (χ1) is 9.15. The molecule has 6 heteroatoms. The lowest BCUT2D eigenvalue weighted by molar-refractivity contribution is 0.506. The van der Waals surface area contributed by atoms with Crippen molar-refractivity contribution in [2.45, 2.75) is 25.4 Å². The molecule has 1 aliphatic rings. The molecule has 0 radical (unpaired) electrons. The molecular formula is C13H14BrClN4. The Labute approximate surface area is 125 Å². The molecular weight excluding hydrogens is 328 g/mol. The monoisotopic (exact) mass is 340 g/mol. The normalized spacial score (nSPS) is 17.7. The number of hydrogen-bond donors (Lipinski definition) is 1. The molecule has 3 rings (SSSR count). The minimum absolute atomic E-state index is 0.335. The van der Waals surface area contributed by atoms with Crippen molar-refractivity contribution >= 4 is 27.5 Å². The molecule has 1 heterocycles. The number of halogens is 2. The molecule has 2 aromatic rings. The molecule has 1 atom stereocenters. The first-order valence-corrected chi connectivity index (χ1v) is 7.36. The van der Waals surface area contributed by atoms with Gasteiger partial charge in [0, 0.05) is 22.6 Å². The predicted molar refractivity (Wildman–Crippen MR) is 78.1 cm³/mol. The zero-order valence-corrected chi connectivity index (χ0v) is 12.9. The van der Waals surface area contributed by atoms with Gasteiger partial charge in [0.1, 0.15) is 12.2 Å². The van der Waals surface area contributed by atoms with Gasteiger partial charge in [-0.3, -0.25) is 4.68 Å². The van der Waals surface area contributed by atoms with E-state index in [0.717, 1.165) is 28.2 Å². The largest absolute Gasteiger partial charge is 0.303 e. The molecule has 1 aromatic carbocycles. The van der Waals surface area contributed by atoms with Gasteiger partial charge in [-0.15, -0.1) is 0 Å². The number of aromatic nitrogens is 3. The zero-order valence-electron chi connectivity index (χ0n) is 10.5. The summed E-state index contributed by atoms with van der Waals surface area (Å²) >= 11 is 9.72. The van der Waals surface area contributed by atoms with Crippen LogP contribution in [-0.2, 0) is 20.0 Å². The Bertz CT molecular complexity index is 611. The van der Waals surface area contributed by atoms with E-state index in [1.165, 1.54) is 11.1 Å². The standard InChI is InChI=1S/C13H14BrClN4/c1-19-13(17-7-18-19)6-16-12-3-2-9-10(12)4-8(15)5-11(9)14/h4-5,7,12,16H,2-3,6H2,1H3/t12-/m0/s1. The smallest absolute Gasteiger partial charge is 0.140 e. The van der Waals surface area contributed by atoms with Crippen molar-refractivity contribution in [1.82, 2.24) is 20.1 Å². The Morgan fingerprint density at radius 3 is 3.11 bits per heavy atom. The number of benzene rings is 1. The Kier molecular flexibility index (Phi) is 3.60. The van der Waals surface area contributed by atoms with E-state index in [1.807, 2.05) is 13.1 Å². The van der Waals surface area contributed by atoms with Crippen LogP contribution in [-0.4, -0.2) is 14.8 Å². The summed E-state index contributed by atoms with van der Waals surface area (Å²) in [7, 11) is 1.90. The van der Waals surface area contributed by atoms with Crippen molar-refractivity contribution in [1.29, 1.82) is 0 Å². The molecule has 0 aliphatic heterocycles. The first kappa shape index (κ1) is 13.1. The van der Waals surface area contributed by atoms with Crippen molar-refractivity contribution in [3.8, 4) is 0 Å². The number of hydrogen-bond acceptors (Lipinski definition) is 3. The number of fused-ring (bicyclic) bond motifs is 1. The highest BCUT2D eigenvalue weighted by Crippen LogP contribution is 2.38. The highest BCUT2D eigenvalue weighted by molar-refractivity contribution is 9.10. The molecule has 1 aliphatic carbocycles. The van der Waals surface area contributed by atoms with E-state index in [-0.39, 0.29) is 0 Å². The second-order valence-electron chi connectivity index (χ2n) is 4.73. The van der Waals surface area contributed by atoms with Crippen molar-refractivity contribution in [2.24, 2.45) is 7.05 Å². The van der Waals surface area contributed by atoms with Crippen LogP contribution in [0.15, 0.2) is 22.9 Å². The average Bonchev–Trinajstić information content (AvgIpc) is 2.93. The van der Waals surface area contributed by atoms with Gasteiger partial charge in [-0.2, -0.15) is 5.10 Å². The SMILES string of the molecule is Cn1ncnc1CN[C@H]1CCc2c(Br)cc(Cl)cc21. The van der Waals surface area contributed by atoms with Crippen LogP contribution in [0.5, 0.6) is 0 Å². The average molecular weight is 342 g/mol. The summed E-state index contributed by atoms with van der Waals surface area (Å²) in [5.74, 6) is 0.939. The maximum Gasteiger partial charge on any atom is 0.140 e. The van der Waals surface area contributed by atoms with Crippen molar-refractivity contribution < 1.29 is 0 Å². The summed E-state index contributed by atoms with van der Waals surface area (Å²) in [5, 5.41) is 8.38. The molecule has 0 saturated carbocycles. The van der Waals surface area contributed by atoms with Gasteiger partial charge in [0.05, 0.1) is 6.54 Å². The number of aryl methyl sites for hydroxylation is 1. The van der Waals surface area contributed by atoms with E-state index in [4.69, 9.17) is 11.6 Å². The van der Waals surface area contributed by atoms with Crippen LogP contribution in [0.2, 0.25) is 5.02 Å². The third kappa shape index (κ3) is 2.55. The number of rotatable bonds is 3. The molecule has 0 spiro atoms. The van der Waals surface area contributed by atoms with Crippen LogP contribution in [0.4, 0.5) is 0 Å². The second kappa shape index (κ2) is 5.23. The molecule has 0 bridgehead atoms. The van der Waals surface area contributed by atoms with E-state index in [2.05, 4.69) is 37.4 Å². The molecule has 0 amide bonds. The van der Waals surface area contributed by atoms with E-state index < -0.39 is 0 Å². The van der Waals surface area contributed by atoms with Gasteiger partial charge < -0.3 is 5.32 Å². The van der Waals surface area contributed by atoms with Gasteiger partial charge >= 0.3 is 0 Å². The third-order valence-electron chi connectivity index (χ3n) is 3.56. The highest BCUT2D eigenvalue weighted by Gasteiger charge is 2.24. The lowest BCUT2D eigenvalue weighted by Gasteiger charge is -2.14. The molecule has 4 nitrogen and oxygen atoms in total. The molecule has 1 N–H and O–H groups in total.